The van der Waals surface area contributed by atoms with Gasteiger partial charge in [0, 0.05) is 60.5 Å². The summed E-state index contributed by atoms with van der Waals surface area (Å²) in [5, 5.41) is 45.8. The molecule has 0 saturated heterocycles. The van der Waals surface area contributed by atoms with Crippen molar-refractivity contribution in [3.05, 3.63) is 263 Å². The van der Waals surface area contributed by atoms with Gasteiger partial charge < -0.3 is 9.13 Å². The average molecular weight is 1040 g/mol. The van der Waals surface area contributed by atoms with Crippen molar-refractivity contribution in [2.75, 3.05) is 0 Å². The standard InChI is InChI=1S/C70H34N12/c1-75-50-31-47(38-71)66(48(32-50)39-72)45-26-29-63-56(34-45)53-19-10-12-22-60(53)81(63)62-24-14-21-52(58(62)41-74)44-25-28-55(70-79-68(42-15-6-4-7-16-42)78-69(80-70)43-17-8-5-9-18-43)65(36-44)82-61-23-13-11-20-54(61)57-35-46(27-30-64(57)82)67-49(40-73)33-51(76-2)37-59(67)77-3/h4-37H. The molecule has 0 aliphatic heterocycles. The second kappa shape index (κ2) is 20.0. The molecule has 0 atom stereocenters. The maximum atomic E-state index is 11.5. The number of benzene rings is 10. The van der Waals surface area contributed by atoms with Crippen molar-refractivity contribution in [3.8, 4) is 103 Å². The van der Waals surface area contributed by atoms with Crippen LogP contribution in [-0.2, 0) is 0 Å². The second-order valence-electron chi connectivity index (χ2n) is 19.2. The van der Waals surface area contributed by atoms with Gasteiger partial charge in [-0.1, -0.05) is 133 Å². The third kappa shape index (κ3) is 7.98. The van der Waals surface area contributed by atoms with E-state index < -0.39 is 0 Å². The number of aromatic nitrogens is 5. The highest BCUT2D eigenvalue weighted by atomic mass is 15.1. The number of fused-ring (bicyclic) bond motifs is 6. The van der Waals surface area contributed by atoms with Crippen molar-refractivity contribution >= 4 is 60.7 Å². The SMILES string of the molecule is [C-]#[N+]c1cc(C#N)c(-c2ccc3c(c2)c2ccccc2n3-c2cccc(-c3ccc(-c4nc(-c5ccccc5)nc(-c5ccccc5)n4)c(-n4c5ccccc5c5cc(-c6c(C#N)cc([N+]#[C-])cc6[N+]#[C-])ccc54)c3)c2C#N)c(C#N)c1. The van der Waals surface area contributed by atoms with Crippen LogP contribution in [0.1, 0.15) is 22.3 Å². The summed E-state index contributed by atoms with van der Waals surface area (Å²) in [5.74, 6) is 1.36. The Morgan fingerprint density at radius 2 is 0.817 bits per heavy atom. The molecule has 0 aliphatic carbocycles. The van der Waals surface area contributed by atoms with Gasteiger partial charge in [0.05, 0.1) is 88.1 Å². The van der Waals surface area contributed by atoms with E-state index in [1.165, 1.54) is 24.3 Å². The molecule has 374 valence electrons. The fourth-order valence-electron chi connectivity index (χ4n) is 11.2. The highest BCUT2D eigenvalue weighted by Crippen LogP contribution is 2.45. The lowest BCUT2D eigenvalue weighted by molar-refractivity contribution is 1.06. The van der Waals surface area contributed by atoms with Crippen LogP contribution in [0.25, 0.3) is 137 Å². The molecule has 0 fully saturated rings. The van der Waals surface area contributed by atoms with Crippen LogP contribution in [0.5, 0.6) is 0 Å². The molecular formula is C70H34N12. The van der Waals surface area contributed by atoms with Crippen LogP contribution in [0.4, 0.5) is 17.1 Å². The van der Waals surface area contributed by atoms with E-state index in [1.807, 2.05) is 176 Å². The lowest BCUT2D eigenvalue weighted by atomic mass is 9.93. The first-order valence-corrected chi connectivity index (χ1v) is 25.7. The maximum Gasteiger partial charge on any atom is 0.189 e. The van der Waals surface area contributed by atoms with Crippen LogP contribution in [0.3, 0.4) is 0 Å². The quantitative estimate of drug-likeness (QED) is 0.137. The lowest BCUT2D eigenvalue weighted by Gasteiger charge is -2.18. The number of hydrogen-bond acceptors (Lipinski definition) is 7. The fourth-order valence-corrected chi connectivity index (χ4v) is 11.2. The molecule has 12 nitrogen and oxygen atoms in total. The largest absolute Gasteiger partial charge is 0.308 e. The van der Waals surface area contributed by atoms with E-state index >= 15 is 0 Å². The molecule has 0 spiro atoms. The predicted molar refractivity (Wildman–Crippen MR) is 319 cm³/mol. The number of hydrogen-bond donors (Lipinski definition) is 0. The van der Waals surface area contributed by atoms with E-state index in [9.17, 15) is 21.0 Å². The molecule has 3 heterocycles. The van der Waals surface area contributed by atoms with Gasteiger partial charge in [-0.25, -0.2) is 29.5 Å². The molecule has 0 saturated carbocycles. The Balaban J connectivity index is 1.06. The van der Waals surface area contributed by atoms with Gasteiger partial charge in [-0.15, -0.1) is 0 Å². The van der Waals surface area contributed by atoms with E-state index in [4.69, 9.17) is 34.7 Å². The van der Waals surface area contributed by atoms with E-state index in [2.05, 4.69) is 54.0 Å². The normalized spacial score (nSPS) is 10.8. The molecule has 13 aromatic rings. The van der Waals surface area contributed by atoms with Gasteiger partial charge in [0.2, 0.25) is 0 Å². The number of nitriles is 4. The molecular weight excluding hydrogens is 1010 g/mol. The topological polar surface area (TPSA) is 157 Å². The monoisotopic (exact) mass is 1040 g/mol. The zero-order valence-corrected chi connectivity index (χ0v) is 43.0. The van der Waals surface area contributed by atoms with Gasteiger partial charge in [0.25, 0.3) is 0 Å². The Hall–Kier alpha value is -12.8. The van der Waals surface area contributed by atoms with Crippen molar-refractivity contribution in [1.29, 1.82) is 21.0 Å². The summed E-state index contributed by atoms with van der Waals surface area (Å²) in [6.45, 7) is 23.3. The molecule has 3 aromatic heterocycles. The second-order valence-corrected chi connectivity index (χ2v) is 19.2. The van der Waals surface area contributed by atoms with E-state index in [-0.39, 0.29) is 33.8 Å². The van der Waals surface area contributed by atoms with Crippen LogP contribution >= 0.6 is 0 Å². The van der Waals surface area contributed by atoms with Crippen LogP contribution in [0.2, 0.25) is 0 Å². The zero-order valence-electron chi connectivity index (χ0n) is 43.0. The first-order valence-electron chi connectivity index (χ1n) is 25.7. The summed E-state index contributed by atoms with van der Waals surface area (Å²) < 4.78 is 4.23. The fraction of sp³-hybridized carbons (Fsp3) is 0. The Labute approximate surface area is 469 Å². The number of nitrogens with zero attached hydrogens (tertiary/aromatic N) is 12. The highest BCUT2D eigenvalue weighted by molar-refractivity contribution is 6.13. The first-order chi connectivity index (χ1) is 40.3. The van der Waals surface area contributed by atoms with Crippen LogP contribution in [0, 0.1) is 65.0 Å². The van der Waals surface area contributed by atoms with Crippen LogP contribution in [-0.4, -0.2) is 24.1 Å². The zero-order chi connectivity index (χ0) is 56.0. The Morgan fingerprint density at radius 3 is 1.35 bits per heavy atom. The lowest BCUT2D eigenvalue weighted by Crippen LogP contribution is -2.04. The predicted octanol–water partition coefficient (Wildman–Crippen LogP) is 17.2. The molecule has 13 rings (SSSR count). The van der Waals surface area contributed by atoms with Crippen molar-refractivity contribution in [2.45, 2.75) is 0 Å². The molecule has 12 heteroatoms. The van der Waals surface area contributed by atoms with E-state index in [0.717, 1.165) is 60.3 Å². The molecule has 0 N–H and O–H groups in total. The molecule has 0 unspecified atom stereocenters. The number of rotatable bonds is 8. The smallest absolute Gasteiger partial charge is 0.189 e. The summed E-state index contributed by atoms with van der Waals surface area (Å²) in [4.78, 5) is 26.3. The average Bonchev–Trinajstić information content (AvgIpc) is 4.26. The summed E-state index contributed by atoms with van der Waals surface area (Å²) in [5.41, 5.74) is 12.1. The molecule has 0 amide bonds. The Morgan fingerprint density at radius 1 is 0.341 bits per heavy atom. The van der Waals surface area contributed by atoms with E-state index in [1.54, 1.807) is 0 Å². The summed E-state index contributed by atoms with van der Waals surface area (Å²) in [6.07, 6.45) is 0. The molecule has 0 bridgehead atoms. The third-order valence-corrected chi connectivity index (χ3v) is 14.8. The summed E-state index contributed by atoms with van der Waals surface area (Å²) in [6, 6.07) is 74.2. The van der Waals surface area contributed by atoms with Crippen molar-refractivity contribution in [2.24, 2.45) is 0 Å². The van der Waals surface area contributed by atoms with Gasteiger partial charge in [0.15, 0.2) is 34.5 Å². The molecule has 0 radical (unpaired) electrons. The number of para-hydroxylation sites is 2. The van der Waals surface area contributed by atoms with Gasteiger partial charge >= 0.3 is 0 Å². The minimum absolute atomic E-state index is 0.204. The maximum absolute atomic E-state index is 11.5. The van der Waals surface area contributed by atoms with Gasteiger partial charge in [-0.3, -0.25) is 0 Å². The molecule has 10 aromatic carbocycles. The van der Waals surface area contributed by atoms with Crippen LogP contribution in [0.15, 0.2) is 206 Å². The third-order valence-electron chi connectivity index (χ3n) is 14.8. The van der Waals surface area contributed by atoms with Crippen molar-refractivity contribution < 1.29 is 0 Å². The molecule has 0 aliphatic rings. The molecule has 82 heavy (non-hydrogen) atoms. The van der Waals surface area contributed by atoms with Crippen LogP contribution < -0.4 is 0 Å². The Kier molecular flexibility index (Phi) is 11.9. The summed E-state index contributed by atoms with van der Waals surface area (Å²) in [7, 11) is 0. The van der Waals surface area contributed by atoms with Gasteiger partial charge in [-0.05, 0) is 89.5 Å². The van der Waals surface area contributed by atoms with E-state index in [0.29, 0.717) is 67.8 Å². The Bertz CT molecular complexity index is 5070. The first kappa shape index (κ1) is 48.9. The van der Waals surface area contributed by atoms with Crippen molar-refractivity contribution in [1.82, 2.24) is 24.1 Å². The van der Waals surface area contributed by atoms with Crippen molar-refractivity contribution in [3.63, 3.8) is 0 Å². The highest BCUT2D eigenvalue weighted by Gasteiger charge is 2.25. The minimum Gasteiger partial charge on any atom is -0.308 e. The van der Waals surface area contributed by atoms with Gasteiger partial charge in [0.1, 0.15) is 6.07 Å². The summed E-state index contributed by atoms with van der Waals surface area (Å²) >= 11 is 0. The van der Waals surface area contributed by atoms with Gasteiger partial charge in [-0.2, -0.15) is 21.0 Å². The minimum atomic E-state index is 0.204.